The third kappa shape index (κ3) is 3.71. The number of amides is 1. The highest BCUT2D eigenvalue weighted by Gasteiger charge is 2.20. The zero-order chi connectivity index (χ0) is 18.0. The molecule has 3 aromatic rings. The Morgan fingerprint density at radius 3 is 2.56 bits per heavy atom. The number of ether oxygens (including phenoxy) is 1. The first-order valence-electron chi connectivity index (χ1n) is 8.11. The molecule has 0 aliphatic rings. The largest absolute Gasteiger partial charge is 0.448 e. The summed E-state index contributed by atoms with van der Waals surface area (Å²) >= 11 is 0. The highest BCUT2D eigenvalue weighted by atomic mass is 16.5. The van der Waals surface area contributed by atoms with Crippen molar-refractivity contribution in [3.8, 4) is 0 Å². The van der Waals surface area contributed by atoms with E-state index in [-0.39, 0.29) is 5.91 Å². The molecule has 0 saturated carbocycles. The molecule has 1 heterocycles. The molecular formula is C20H20N2O3. The van der Waals surface area contributed by atoms with Gasteiger partial charge in [-0.05, 0) is 44.5 Å². The molecule has 0 bridgehead atoms. The molecule has 5 heteroatoms. The van der Waals surface area contributed by atoms with Gasteiger partial charge < -0.3 is 15.0 Å². The van der Waals surface area contributed by atoms with Crippen molar-refractivity contribution in [3.63, 3.8) is 0 Å². The Labute approximate surface area is 146 Å². The van der Waals surface area contributed by atoms with Gasteiger partial charge >= 0.3 is 5.97 Å². The second-order valence-corrected chi connectivity index (χ2v) is 6.13. The number of esters is 1. The Morgan fingerprint density at radius 2 is 1.84 bits per heavy atom. The molecule has 3 rings (SSSR count). The lowest BCUT2D eigenvalue weighted by atomic mass is 10.1. The number of aryl methyl sites for hydroxylation is 2. The van der Waals surface area contributed by atoms with Crippen molar-refractivity contribution in [2.45, 2.75) is 26.9 Å². The summed E-state index contributed by atoms with van der Waals surface area (Å²) < 4.78 is 5.28. The molecule has 2 aromatic carbocycles. The van der Waals surface area contributed by atoms with E-state index in [4.69, 9.17) is 4.74 Å². The number of aromatic amines is 1. The maximum atomic E-state index is 12.3. The summed E-state index contributed by atoms with van der Waals surface area (Å²) in [7, 11) is 0. The van der Waals surface area contributed by atoms with Gasteiger partial charge in [0.05, 0.1) is 0 Å². The number of carbonyl (C=O) groups excluding carboxylic acids is 2. The van der Waals surface area contributed by atoms with Gasteiger partial charge in [-0.1, -0.05) is 35.9 Å². The van der Waals surface area contributed by atoms with Crippen molar-refractivity contribution >= 4 is 28.5 Å². The maximum absolute atomic E-state index is 12.3. The van der Waals surface area contributed by atoms with E-state index in [1.807, 2.05) is 56.3 Å². The summed E-state index contributed by atoms with van der Waals surface area (Å²) in [5.41, 5.74) is 3.97. The number of benzene rings is 2. The van der Waals surface area contributed by atoms with Crippen LogP contribution in [0.1, 0.15) is 28.5 Å². The van der Waals surface area contributed by atoms with Gasteiger partial charge in [0.25, 0.3) is 5.91 Å². The van der Waals surface area contributed by atoms with Crippen molar-refractivity contribution in [3.05, 3.63) is 65.4 Å². The monoisotopic (exact) mass is 336 g/mol. The number of hydrogen-bond donors (Lipinski definition) is 2. The molecule has 0 saturated heterocycles. The average molecular weight is 336 g/mol. The van der Waals surface area contributed by atoms with E-state index in [1.165, 1.54) is 0 Å². The van der Waals surface area contributed by atoms with Gasteiger partial charge in [-0.3, -0.25) is 4.79 Å². The third-order valence-electron chi connectivity index (χ3n) is 4.04. The van der Waals surface area contributed by atoms with Gasteiger partial charge in [0.15, 0.2) is 6.10 Å². The minimum Gasteiger partial charge on any atom is -0.448 e. The summed E-state index contributed by atoms with van der Waals surface area (Å²) in [5.74, 6) is -0.920. The lowest BCUT2D eigenvalue weighted by Gasteiger charge is -2.14. The number of para-hydroxylation sites is 1. The molecule has 25 heavy (non-hydrogen) atoms. The molecule has 2 N–H and O–H groups in total. The van der Waals surface area contributed by atoms with Crippen LogP contribution in [-0.4, -0.2) is 23.0 Å². The summed E-state index contributed by atoms with van der Waals surface area (Å²) in [6, 6.07) is 15.0. The topological polar surface area (TPSA) is 71.2 Å². The smallest absolute Gasteiger partial charge is 0.355 e. The van der Waals surface area contributed by atoms with Crippen LogP contribution in [0.3, 0.4) is 0 Å². The van der Waals surface area contributed by atoms with E-state index < -0.39 is 12.1 Å². The quantitative estimate of drug-likeness (QED) is 0.708. The number of H-pyrrole nitrogens is 1. The Balaban J connectivity index is 1.67. The Bertz CT molecular complexity index is 910. The van der Waals surface area contributed by atoms with Crippen LogP contribution in [0, 0.1) is 13.8 Å². The molecule has 1 atom stereocenters. The van der Waals surface area contributed by atoms with Crippen molar-refractivity contribution in [2.24, 2.45) is 0 Å². The van der Waals surface area contributed by atoms with Crippen LogP contribution in [0.15, 0.2) is 48.5 Å². The predicted molar refractivity (Wildman–Crippen MR) is 97.7 cm³/mol. The summed E-state index contributed by atoms with van der Waals surface area (Å²) in [6.07, 6.45) is -0.903. The molecule has 0 aliphatic carbocycles. The fourth-order valence-electron chi connectivity index (χ4n) is 2.65. The van der Waals surface area contributed by atoms with Crippen LogP contribution >= 0.6 is 0 Å². The molecule has 0 spiro atoms. The maximum Gasteiger partial charge on any atom is 0.355 e. The second-order valence-electron chi connectivity index (χ2n) is 6.13. The highest BCUT2D eigenvalue weighted by Crippen LogP contribution is 2.18. The van der Waals surface area contributed by atoms with E-state index in [0.29, 0.717) is 11.4 Å². The van der Waals surface area contributed by atoms with Crippen LogP contribution in [0.4, 0.5) is 5.69 Å². The van der Waals surface area contributed by atoms with Crippen molar-refractivity contribution in [1.29, 1.82) is 0 Å². The van der Waals surface area contributed by atoms with Crippen LogP contribution in [0.2, 0.25) is 0 Å². The first-order valence-corrected chi connectivity index (χ1v) is 8.11. The van der Waals surface area contributed by atoms with Gasteiger partial charge in [-0.2, -0.15) is 0 Å². The van der Waals surface area contributed by atoms with Crippen molar-refractivity contribution in [2.75, 3.05) is 5.32 Å². The number of nitrogens with one attached hydrogen (secondary N) is 2. The fourth-order valence-corrected chi connectivity index (χ4v) is 2.65. The lowest BCUT2D eigenvalue weighted by Crippen LogP contribution is -2.30. The molecule has 0 unspecified atom stereocenters. The summed E-state index contributed by atoms with van der Waals surface area (Å²) in [6.45, 7) is 5.46. The molecule has 1 amide bonds. The zero-order valence-electron chi connectivity index (χ0n) is 14.4. The molecule has 128 valence electrons. The van der Waals surface area contributed by atoms with Crippen molar-refractivity contribution in [1.82, 2.24) is 4.98 Å². The van der Waals surface area contributed by atoms with E-state index in [9.17, 15) is 9.59 Å². The van der Waals surface area contributed by atoms with Gasteiger partial charge in [-0.25, -0.2) is 4.79 Å². The van der Waals surface area contributed by atoms with Crippen LogP contribution in [-0.2, 0) is 9.53 Å². The van der Waals surface area contributed by atoms with E-state index in [1.54, 1.807) is 13.0 Å². The lowest BCUT2D eigenvalue weighted by molar-refractivity contribution is -0.123. The zero-order valence-corrected chi connectivity index (χ0v) is 14.4. The molecule has 5 nitrogen and oxygen atoms in total. The average Bonchev–Trinajstić information content (AvgIpc) is 3.01. The fraction of sp³-hybridized carbons (Fsp3) is 0.200. The summed E-state index contributed by atoms with van der Waals surface area (Å²) in [5, 5.41) is 3.71. The Hall–Kier alpha value is -3.08. The number of anilines is 1. The first-order chi connectivity index (χ1) is 11.9. The standard InChI is InChI=1S/C20H20N2O3/c1-12-8-9-16(13(2)10-12)22-19(23)14(3)25-20(24)18-11-15-6-4-5-7-17(15)21-18/h4-11,14,21H,1-3H3,(H,22,23)/t14-/m0/s1. The number of carbonyl (C=O) groups is 2. The molecule has 0 aliphatic heterocycles. The number of hydrogen-bond acceptors (Lipinski definition) is 3. The SMILES string of the molecule is Cc1ccc(NC(=O)[C@H](C)OC(=O)c2cc3ccccc3[nH]2)c(C)c1. The minimum absolute atomic E-state index is 0.326. The normalized spacial score (nSPS) is 12.0. The molecule has 0 fully saturated rings. The second kappa shape index (κ2) is 6.81. The predicted octanol–water partition coefficient (Wildman–Crippen LogP) is 3.97. The van der Waals surface area contributed by atoms with Crippen molar-refractivity contribution < 1.29 is 14.3 Å². The van der Waals surface area contributed by atoms with E-state index in [0.717, 1.165) is 22.0 Å². The minimum atomic E-state index is -0.903. The van der Waals surface area contributed by atoms with E-state index >= 15 is 0 Å². The number of aromatic nitrogens is 1. The van der Waals surface area contributed by atoms with Gasteiger partial charge in [0.2, 0.25) is 0 Å². The number of fused-ring (bicyclic) bond motifs is 1. The summed E-state index contributed by atoms with van der Waals surface area (Å²) in [4.78, 5) is 27.5. The van der Waals surface area contributed by atoms with Gasteiger partial charge in [-0.15, -0.1) is 0 Å². The molecule has 1 aromatic heterocycles. The molecule has 0 radical (unpaired) electrons. The number of rotatable bonds is 4. The van der Waals surface area contributed by atoms with Gasteiger partial charge in [0, 0.05) is 16.6 Å². The first kappa shape index (κ1) is 16.8. The third-order valence-corrected chi connectivity index (χ3v) is 4.04. The van der Waals surface area contributed by atoms with Crippen LogP contribution < -0.4 is 5.32 Å². The Morgan fingerprint density at radius 1 is 1.08 bits per heavy atom. The Kier molecular flexibility index (Phi) is 4.57. The highest BCUT2D eigenvalue weighted by molar-refractivity contribution is 5.99. The van der Waals surface area contributed by atoms with E-state index in [2.05, 4.69) is 10.3 Å². The van der Waals surface area contributed by atoms with Crippen LogP contribution in [0.25, 0.3) is 10.9 Å². The van der Waals surface area contributed by atoms with Gasteiger partial charge in [0.1, 0.15) is 5.69 Å². The van der Waals surface area contributed by atoms with Crippen LogP contribution in [0.5, 0.6) is 0 Å². The molecular weight excluding hydrogens is 316 g/mol.